The molecular weight excluding hydrogens is 419 g/mol. The molecule has 9 heteroatoms. The van der Waals surface area contributed by atoms with E-state index in [1.165, 1.54) is 17.8 Å². The molecule has 1 aliphatic carbocycles. The van der Waals surface area contributed by atoms with Crippen LogP contribution < -0.4 is 14.8 Å². The van der Waals surface area contributed by atoms with Gasteiger partial charge in [-0.2, -0.15) is 0 Å². The van der Waals surface area contributed by atoms with Crippen molar-refractivity contribution < 1.29 is 18.7 Å². The van der Waals surface area contributed by atoms with Crippen molar-refractivity contribution in [2.75, 3.05) is 18.9 Å². The van der Waals surface area contributed by atoms with E-state index < -0.39 is 0 Å². The molecular formula is C22H21FN4O3S. The summed E-state index contributed by atoms with van der Waals surface area (Å²) in [5.74, 6) is 1.63. The van der Waals surface area contributed by atoms with Gasteiger partial charge in [-0.1, -0.05) is 36.0 Å². The van der Waals surface area contributed by atoms with Gasteiger partial charge < -0.3 is 14.8 Å². The maximum Gasteiger partial charge on any atom is 0.230 e. The topological polar surface area (TPSA) is 78.3 Å². The number of carbonyl (C=O) groups excluding carboxylic acids is 1. The van der Waals surface area contributed by atoms with E-state index in [1.807, 2.05) is 28.8 Å². The Bertz CT molecular complexity index is 1100. The van der Waals surface area contributed by atoms with Gasteiger partial charge >= 0.3 is 0 Å². The molecule has 1 amide bonds. The molecule has 160 valence electrons. The molecule has 5 rings (SSSR count). The quantitative estimate of drug-likeness (QED) is 0.567. The lowest BCUT2D eigenvalue weighted by atomic mass is 10.2. The molecule has 3 aromatic rings. The van der Waals surface area contributed by atoms with Crippen LogP contribution in [0, 0.1) is 5.82 Å². The van der Waals surface area contributed by atoms with E-state index >= 15 is 0 Å². The number of benzene rings is 2. The van der Waals surface area contributed by atoms with E-state index in [-0.39, 0.29) is 29.6 Å². The number of thioether (sulfide) groups is 1. The monoisotopic (exact) mass is 440 g/mol. The standard InChI is InChI=1S/C22H21FN4O3S/c23-17-6-2-1-5-16(17)21-25-26-22(27(21)14-9-10-14)31-13-20(28)24-11-15-12-29-18-7-3-4-8-19(18)30-15/h1-8,14-15H,9-13H2,(H,24,28)/t15-/m1/s1. The van der Waals surface area contributed by atoms with Crippen molar-refractivity contribution in [1.82, 2.24) is 20.1 Å². The van der Waals surface area contributed by atoms with Crippen molar-refractivity contribution in [3.05, 3.63) is 54.3 Å². The van der Waals surface area contributed by atoms with Crippen LogP contribution in [0.2, 0.25) is 0 Å². The Morgan fingerprint density at radius 3 is 2.71 bits per heavy atom. The third-order valence-corrected chi connectivity index (χ3v) is 6.06. The SMILES string of the molecule is O=C(CSc1nnc(-c2ccccc2F)n1C1CC1)NC[C@@H]1COc2ccccc2O1. The smallest absolute Gasteiger partial charge is 0.230 e. The summed E-state index contributed by atoms with van der Waals surface area (Å²) in [5.41, 5.74) is 0.424. The van der Waals surface area contributed by atoms with Crippen molar-refractivity contribution >= 4 is 17.7 Å². The zero-order valence-electron chi connectivity index (χ0n) is 16.7. The third kappa shape index (κ3) is 4.36. The molecule has 7 nitrogen and oxygen atoms in total. The lowest BCUT2D eigenvalue weighted by Crippen LogP contribution is -2.41. The van der Waals surface area contributed by atoms with E-state index in [1.54, 1.807) is 18.2 Å². The van der Waals surface area contributed by atoms with Gasteiger partial charge in [-0.05, 0) is 37.1 Å². The highest BCUT2D eigenvalue weighted by Crippen LogP contribution is 2.41. The highest BCUT2D eigenvalue weighted by Gasteiger charge is 2.31. The van der Waals surface area contributed by atoms with Crippen molar-refractivity contribution in [3.63, 3.8) is 0 Å². The largest absolute Gasteiger partial charge is 0.486 e. The predicted octanol–water partition coefficient (Wildman–Crippen LogP) is 3.47. The number of ether oxygens (including phenoxy) is 2. The van der Waals surface area contributed by atoms with Crippen molar-refractivity contribution in [1.29, 1.82) is 0 Å². The first kappa shape index (κ1) is 19.9. The molecule has 1 aliphatic heterocycles. The number of rotatable bonds is 7. The molecule has 1 saturated carbocycles. The minimum Gasteiger partial charge on any atom is -0.486 e. The minimum atomic E-state index is -0.331. The third-order valence-electron chi connectivity index (χ3n) is 5.12. The maximum absolute atomic E-state index is 14.3. The number of para-hydroxylation sites is 2. The van der Waals surface area contributed by atoms with Crippen LogP contribution in [0.25, 0.3) is 11.4 Å². The zero-order valence-corrected chi connectivity index (χ0v) is 17.5. The van der Waals surface area contributed by atoms with Crippen LogP contribution in [-0.2, 0) is 4.79 Å². The van der Waals surface area contributed by atoms with Crippen LogP contribution in [0.1, 0.15) is 18.9 Å². The fraction of sp³-hybridized carbons (Fsp3) is 0.318. The summed E-state index contributed by atoms with van der Waals surface area (Å²) in [6.45, 7) is 0.732. The first-order valence-corrected chi connectivity index (χ1v) is 11.2. The second-order valence-corrected chi connectivity index (χ2v) is 8.42. The summed E-state index contributed by atoms with van der Waals surface area (Å²) in [5, 5.41) is 11.9. The summed E-state index contributed by atoms with van der Waals surface area (Å²) >= 11 is 1.30. The van der Waals surface area contributed by atoms with Gasteiger partial charge in [-0.3, -0.25) is 9.36 Å². The van der Waals surface area contributed by atoms with Crippen LogP contribution in [0.3, 0.4) is 0 Å². The molecule has 2 aromatic carbocycles. The number of fused-ring (bicyclic) bond motifs is 1. The number of nitrogens with zero attached hydrogens (tertiary/aromatic N) is 3. The van der Waals surface area contributed by atoms with Crippen LogP contribution in [0.4, 0.5) is 4.39 Å². The Hall–Kier alpha value is -3.07. The molecule has 0 saturated heterocycles. The van der Waals surface area contributed by atoms with E-state index in [4.69, 9.17) is 9.47 Å². The van der Waals surface area contributed by atoms with E-state index in [2.05, 4.69) is 15.5 Å². The summed E-state index contributed by atoms with van der Waals surface area (Å²) in [7, 11) is 0. The number of aromatic nitrogens is 3. The average molecular weight is 441 g/mol. The molecule has 0 spiro atoms. The van der Waals surface area contributed by atoms with Crippen LogP contribution in [0.5, 0.6) is 11.5 Å². The highest BCUT2D eigenvalue weighted by atomic mass is 32.2. The second-order valence-electron chi connectivity index (χ2n) is 7.48. The number of hydrogen-bond donors (Lipinski definition) is 1. The first-order valence-electron chi connectivity index (χ1n) is 10.2. The van der Waals surface area contributed by atoms with E-state index in [0.717, 1.165) is 12.8 Å². The molecule has 2 aliphatic rings. The number of carbonyl (C=O) groups is 1. The minimum absolute atomic E-state index is 0.134. The summed E-state index contributed by atoms with van der Waals surface area (Å²) < 4.78 is 27.7. The lowest BCUT2D eigenvalue weighted by Gasteiger charge is -2.26. The molecule has 0 radical (unpaired) electrons. The van der Waals surface area contributed by atoms with Crippen molar-refractivity contribution in [2.45, 2.75) is 30.1 Å². The fourth-order valence-electron chi connectivity index (χ4n) is 3.44. The highest BCUT2D eigenvalue weighted by molar-refractivity contribution is 7.99. The Labute approximate surface area is 183 Å². The van der Waals surface area contributed by atoms with Gasteiger partial charge in [0.15, 0.2) is 22.5 Å². The van der Waals surface area contributed by atoms with Crippen LogP contribution >= 0.6 is 11.8 Å². The Morgan fingerprint density at radius 1 is 1.13 bits per heavy atom. The summed E-state index contributed by atoms with van der Waals surface area (Å²) in [6, 6.07) is 14.3. The van der Waals surface area contributed by atoms with E-state index in [9.17, 15) is 9.18 Å². The first-order chi connectivity index (χ1) is 15.2. The number of hydrogen-bond acceptors (Lipinski definition) is 6. The second kappa shape index (κ2) is 8.58. The molecule has 0 bridgehead atoms. The fourth-order valence-corrected chi connectivity index (χ4v) is 4.27. The lowest BCUT2D eigenvalue weighted by molar-refractivity contribution is -0.119. The van der Waals surface area contributed by atoms with Crippen molar-refractivity contribution in [3.8, 4) is 22.9 Å². The summed E-state index contributed by atoms with van der Waals surface area (Å²) in [6.07, 6.45) is 1.76. The normalized spacial score (nSPS) is 17.4. The Balaban J connectivity index is 1.19. The van der Waals surface area contributed by atoms with Gasteiger partial charge in [0.25, 0.3) is 0 Å². The number of nitrogens with one attached hydrogen (secondary N) is 1. The molecule has 31 heavy (non-hydrogen) atoms. The maximum atomic E-state index is 14.3. The summed E-state index contributed by atoms with van der Waals surface area (Å²) in [4.78, 5) is 12.4. The Morgan fingerprint density at radius 2 is 1.90 bits per heavy atom. The van der Waals surface area contributed by atoms with Gasteiger partial charge in [0, 0.05) is 6.04 Å². The van der Waals surface area contributed by atoms with Crippen LogP contribution in [0.15, 0.2) is 53.7 Å². The van der Waals surface area contributed by atoms with Gasteiger partial charge in [-0.25, -0.2) is 4.39 Å². The molecule has 0 unspecified atom stereocenters. The molecule has 2 heterocycles. The molecule has 1 atom stereocenters. The number of amides is 1. The van der Waals surface area contributed by atoms with Gasteiger partial charge in [0.1, 0.15) is 18.5 Å². The van der Waals surface area contributed by atoms with Gasteiger partial charge in [-0.15, -0.1) is 10.2 Å². The molecule has 1 fully saturated rings. The van der Waals surface area contributed by atoms with Gasteiger partial charge in [0.2, 0.25) is 5.91 Å². The molecule has 1 N–H and O–H groups in total. The Kier molecular flexibility index (Phi) is 5.50. The average Bonchev–Trinajstić information content (AvgIpc) is 3.55. The molecule has 1 aromatic heterocycles. The number of halogens is 1. The predicted molar refractivity (Wildman–Crippen MR) is 114 cm³/mol. The van der Waals surface area contributed by atoms with Crippen molar-refractivity contribution in [2.24, 2.45) is 0 Å². The van der Waals surface area contributed by atoms with E-state index in [0.29, 0.717) is 41.2 Å². The van der Waals surface area contributed by atoms with Gasteiger partial charge in [0.05, 0.1) is 17.9 Å². The zero-order chi connectivity index (χ0) is 21.2. The van der Waals surface area contributed by atoms with Crippen LogP contribution in [-0.4, -0.2) is 45.7 Å².